The van der Waals surface area contributed by atoms with E-state index in [2.05, 4.69) is 112 Å². The van der Waals surface area contributed by atoms with Crippen LogP contribution in [0.3, 0.4) is 0 Å². The van der Waals surface area contributed by atoms with Gasteiger partial charge in [-0.25, -0.2) is 0 Å². The summed E-state index contributed by atoms with van der Waals surface area (Å²) in [5.74, 6) is 1.15. The first kappa shape index (κ1) is 16.6. The van der Waals surface area contributed by atoms with Crippen LogP contribution in [0.25, 0.3) is 0 Å². The van der Waals surface area contributed by atoms with Gasteiger partial charge in [-0.05, 0) is 28.4 Å². The summed E-state index contributed by atoms with van der Waals surface area (Å²) in [6.07, 6.45) is 1.31. The molecule has 2 aromatic rings. The lowest BCUT2D eigenvalue weighted by molar-refractivity contribution is 0.0122. The van der Waals surface area contributed by atoms with Crippen molar-refractivity contribution in [2.24, 2.45) is 10.8 Å². The monoisotopic (exact) mass is 354 g/mol. The zero-order chi connectivity index (χ0) is 17.1. The van der Waals surface area contributed by atoms with Gasteiger partial charge in [0.15, 0.2) is 0 Å². The van der Waals surface area contributed by atoms with Crippen molar-refractivity contribution in [2.75, 3.05) is 5.75 Å². The Balaban J connectivity index is 1.86. The summed E-state index contributed by atoms with van der Waals surface area (Å²) in [7, 11) is 0. The van der Waals surface area contributed by atoms with Crippen molar-refractivity contribution >= 4 is 23.5 Å². The van der Waals surface area contributed by atoms with E-state index < -0.39 is 0 Å². The lowest BCUT2D eigenvalue weighted by Gasteiger charge is -2.65. The first-order valence-corrected chi connectivity index (χ1v) is 10.6. The quantitative estimate of drug-likeness (QED) is 0.599. The zero-order valence-corrected chi connectivity index (χ0v) is 16.6. The molecule has 0 nitrogen and oxygen atoms in total. The van der Waals surface area contributed by atoms with Crippen molar-refractivity contribution in [3.8, 4) is 0 Å². The van der Waals surface area contributed by atoms with E-state index in [-0.39, 0.29) is 8.83 Å². The molecule has 0 aromatic heterocycles. The maximum atomic E-state index is 2.46. The molecule has 0 atom stereocenters. The number of hydrogen-bond acceptors (Lipinski definition) is 2. The van der Waals surface area contributed by atoms with E-state index in [1.807, 2.05) is 0 Å². The Hall–Kier alpha value is -0.860. The van der Waals surface area contributed by atoms with Crippen LogP contribution in [0.15, 0.2) is 60.7 Å². The molecular weight excluding hydrogens is 328 g/mol. The lowest BCUT2D eigenvalue weighted by atomic mass is 9.55. The summed E-state index contributed by atoms with van der Waals surface area (Å²) >= 11 is 4.44. The average Bonchev–Trinajstić information content (AvgIpc) is 3.01. The molecule has 2 aromatic carbocycles. The Morgan fingerprint density at radius 2 is 1.17 bits per heavy atom. The molecule has 1 saturated carbocycles. The Morgan fingerprint density at radius 1 is 0.708 bits per heavy atom. The molecule has 4 rings (SSSR count). The minimum absolute atomic E-state index is 0.0577. The molecule has 2 fully saturated rings. The standard InChI is InChI=1S/C22H26S2/c1-19(2)15-20(3,4)22(19)23-16-21(24-22,17-11-7-5-8-12-17)18-13-9-6-10-14-18/h5-14H,15-16H2,1-4H3. The van der Waals surface area contributed by atoms with E-state index in [1.54, 1.807) is 0 Å². The topological polar surface area (TPSA) is 0 Å². The summed E-state index contributed by atoms with van der Waals surface area (Å²) < 4.78 is 0.341. The molecule has 0 N–H and O–H groups in total. The van der Waals surface area contributed by atoms with Crippen LogP contribution >= 0.6 is 23.5 Å². The van der Waals surface area contributed by atoms with Gasteiger partial charge in [0.1, 0.15) is 0 Å². The fourth-order valence-corrected chi connectivity index (χ4v) is 9.80. The molecule has 1 heterocycles. The molecule has 0 unspecified atom stereocenters. The lowest BCUT2D eigenvalue weighted by Crippen LogP contribution is -2.61. The number of rotatable bonds is 2. The summed E-state index contributed by atoms with van der Waals surface area (Å²) in [5, 5.41) is 0. The maximum Gasteiger partial charge on any atom is 0.0762 e. The normalized spacial score (nSPS) is 25.3. The molecule has 0 amide bonds. The predicted octanol–water partition coefficient (Wildman–Crippen LogP) is 6.56. The van der Waals surface area contributed by atoms with Gasteiger partial charge in [0.05, 0.1) is 8.83 Å². The zero-order valence-electron chi connectivity index (χ0n) is 15.0. The fourth-order valence-electron chi connectivity index (χ4n) is 5.19. The fraction of sp³-hybridized carbons (Fsp3) is 0.455. The van der Waals surface area contributed by atoms with Gasteiger partial charge in [0.25, 0.3) is 0 Å². The highest BCUT2D eigenvalue weighted by atomic mass is 32.2. The first-order valence-electron chi connectivity index (χ1n) is 8.78. The predicted molar refractivity (Wildman–Crippen MR) is 109 cm³/mol. The van der Waals surface area contributed by atoms with Crippen LogP contribution in [0.1, 0.15) is 45.2 Å². The largest absolute Gasteiger partial charge is 0.141 e. The van der Waals surface area contributed by atoms with Gasteiger partial charge in [0, 0.05) is 5.75 Å². The van der Waals surface area contributed by atoms with Gasteiger partial charge in [-0.1, -0.05) is 88.4 Å². The molecule has 1 aliphatic carbocycles. The highest BCUT2D eigenvalue weighted by Gasteiger charge is 2.71. The van der Waals surface area contributed by atoms with Gasteiger partial charge in [-0.2, -0.15) is 0 Å². The van der Waals surface area contributed by atoms with Crippen molar-refractivity contribution in [3.05, 3.63) is 71.8 Å². The van der Waals surface area contributed by atoms with Crippen LogP contribution in [-0.2, 0) is 4.75 Å². The number of benzene rings is 2. The van der Waals surface area contributed by atoms with Crippen LogP contribution in [0.4, 0.5) is 0 Å². The van der Waals surface area contributed by atoms with Gasteiger partial charge in [0.2, 0.25) is 0 Å². The third-order valence-corrected chi connectivity index (χ3v) is 11.2. The summed E-state index contributed by atoms with van der Waals surface area (Å²) in [4.78, 5) is 0. The summed E-state index contributed by atoms with van der Waals surface area (Å²) in [6, 6.07) is 22.3. The van der Waals surface area contributed by atoms with Crippen molar-refractivity contribution in [2.45, 2.75) is 42.9 Å². The molecule has 24 heavy (non-hydrogen) atoms. The minimum atomic E-state index is 0.0577. The molecular formula is C22H26S2. The number of hydrogen-bond donors (Lipinski definition) is 0. The van der Waals surface area contributed by atoms with E-state index in [1.165, 1.54) is 17.5 Å². The molecule has 0 bridgehead atoms. The second-order valence-corrected chi connectivity index (χ2v) is 11.5. The van der Waals surface area contributed by atoms with Crippen molar-refractivity contribution in [1.82, 2.24) is 0 Å². The van der Waals surface area contributed by atoms with Crippen LogP contribution in [0.5, 0.6) is 0 Å². The van der Waals surface area contributed by atoms with Crippen molar-refractivity contribution in [3.63, 3.8) is 0 Å². The van der Waals surface area contributed by atoms with Crippen LogP contribution < -0.4 is 0 Å². The van der Waals surface area contributed by atoms with Gasteiger partial charge >= 0.3 is 0 Å². The van der Waals surface area contributed by atoms with E-state index in [0.717, 1.165) is 5.75 Å². The minimum Gasteiger partial charge on any atom is -0.141 e. The molecule has 2 heteroatoms. The van der Waals surface area contributed by atoms with E-state index in [9.17, 15) is 0 Å². The van der Waals surface area contributed by atoms with E-state index >= 15 is 0 Å². The Kier molecular flexibility index (Phi) is 3.68. The van der Waals surface area contributed by atoms with Gasteiger partial charge < -0.3 is 0 Å². The van der Waals surface area contributed by atoms with E-state index in [0.29, 0.717) is 10.8 Å². The van der Waals surface area contributed by atoms with Crippen LogP contribution in [0, 0.1) is 10.8 Å². The maximum absolute atomic E-state index is 2.46. The Morgan fingerprint density at radius 3 is 1.54 bits per heavy atom. The molecule has 2 aliphatic rings. The number of thioether (sulfide) groups is 2. The molecule has 126 valence electrons. The third-order valence-electron chi connectivity index (χ3n) is 5.94. The highest BCUT2D eigenvalue weighted by molar-refractivity contribution is 8.22. The third kappa shape index (κ3) is 2.08. The molecule has 0 radical (unpaired) electrons. The Labute approximate surface area is 154 Å². The van der Waals surface area contributed by atoms with Gasteiger partial charge in [-0.3, -0.25) is 0 Å². The summed E-state index contributed by atoms with van der Waals surface area (Å²) in [6.45, 7) is 9.85. The molecule has 1 aliphatic heterocycles. The SMILES string of the molecule is CC1(C)CC(C)(C)C12SCC(c1ccccc1)(c1ccccc1)S2. The highest BCUT2D eigenvalue weighted by Crippen LogP contribution is 2.80. The van der Waals surface area contributed by atoms with Gasteiger partial charge in [-0.15, -0.1) is 23.5 Å². The average molecular weight is 355 g/mol. The second-order valence-electron chi connectivity index (χ2n) is 8.51. The Bertz CT molecular complexity index is 678. The van der Waals surface area contributed by atoms with Crippen molar-refractivity contribution in [1.29, 1.82) is 0 Å². The summed E-state index contributed by atoms with van der Waals surface area (Å²) in [5.41, 5.74) is 3.64. The first-order chi connectivity index (χ1) is 11.3. The second kappa shape index (κ2) is 5.32. The van der Waals surface area contributed by atoms with Crippen LogP contribution in [0.2, 0.25) is 0 Å². The van der Waals surface area contributed by atoms with Crippen molar-refractivity contribution < 1.29 is 0 Å². The molecule has 1 spiro atoms. The van der Waals surface area contributed by atoms with E-state index in [4.69, 9.17) is 0 Å². The van der Waals surface area contributed by atoms with Crippen LogP contribution in [-0.4, -0.2) is 9.83 Å². The molecule has 1 saturated heterocycles. The smallest absolute Gasteiger partial charge is 0.0762 e.